The zero-order valence-corrected chi connectivity index (χ0v) is 9.35. The molecular weight excluding hydrogens is 263 g/mol. The van der Waals surface area contributed by atoms with E-state index >= 15 is 0 Å². The molecule has 1 aromatic carbocycles. The number of nitrogens with zero attached hydrogens (tertiary/aromatic N) is 2. The van der Waals surface area contributed by atoms with Gasteiger partial charge in [0, 0.05) is 6.07 Å². The van der Waals surface area contributed by atoms with Crippen LogP contribution in [-0.2, 0) is 6.18 Å². The first-order valence-corrected chi connectivity index (χ1v) is 5.05. The average Bonchev–Trinajstić information content (AvgIpc) is 2.71. The lowest BCUT2D eigenvalue weighted by Gasteiger charge is -2.04. The molecule has 0 radical (unpaired) electrons. The summed E-state index contributed by atoms with van der Waals surface area (Å²) in [7, 11) is 0. The Bertz CT molecular complexity index is 617. The molecule has 1 heterocycles. The highest BCUT2D eigenvalue weighted by molar-refractivity contribution is 5.87. The van der Waals surface area contributed by atoms with Crippen molar-refractivity contribution < 1.29 is 23.1 Å². The van der Waals surface area contributed by atoms with E-state index in [1.807, 2.05) is 0 Å². The second-order valence-corrected chi connectivity index (χ2v) is 3.72. The van der Waals surface area contributed by atoms with E-state index < -0.39 is 17.8 Å². The summed E-state index contributed by atoms with van der Waals surface area (Å²) in [6.45, 7) is 0. The van der Waals surface area contributed by atoms with Crippen LogP contribution in [0.25, 0.3) is 5.69 Å². The summed E-state index contributed by atoms with van der Waals surface area (Å²) >= 11 is 0. The fourth-order valence-electron chi connectivity index (χ4n) is 1.49. The van der Waals surface area contributed by atoms with Crippen LogP contribution in [-0.4, -0.2) is 20.9 Å². The number of hydrogen-bond acceptors (Lipinski definition) is 3. The highest BCUT2D eigenvalue weighted by Crippen LogP contribution is 2.30. The Morgan fingerprint density at radius 1 is 1.26 bits per heavy atom. The van der Waals surface area contributed by atoms with Crippen LogP contribution in [0.4, 0.5) is 19.0 Å². The summed E-state index contributed by atoms with van der Waals surface area (Å²) in [5.41, 5.74) is 4.61. The number of nitrogens with two attached hydrogens (primary N) is 1. The highest BCUT2D eigenvalue weighted by Gasteiger charge is 2.34. The van der Waals surface area contributed by atoms with Crippen molar-refractivity contribution in [3.05, 3.63) is 41.6 Å². The van der Waals surface area contributed by atoms with E-state index in [9.17, 15) is 18.0 Å². The third kappa shape index (κ3) is 2.51. The lowest BCUT2D eigenvalue weighted by Crippen LogP contribution is -2.07. The maximum Gasteiger partial charge on any atom is 0.435 e. The van der Waals surface area contributed by atoms with Gasteiger partial charge >= 0.3 is 12.1 Å². The molecule has 0 spiro atoms. The number of nitrogen functional groups attached to an aromatic ring is 1. The van der Waals surface area contributed by atoms with Gasteiger partial charge in [0.15, 0.2) is 5.69 Å². The molecule has 19 heavy (non-hydrogen) atoms. The van der Waals surface area contributed by atoms with E-state index in [-0.39, 0.29) is 17.1 Å². The van der Waals surface area contributed by atoms with Gasteiger partial charge in [-0.05, 0) is 24.3 Å². The minimum atomic E-state index is -4.58. The highest BCUT2D eigenvalue weighted by atomic mass is 19.4. The molecule has 0 bridgehead atoms. The molecule has 8 heteroatoms. The Balaban J connectivity index is 2.42. The van der Waals surface area contributed by atoms with Crippen molar-refractivity contribution in [1.29, 1.82) is 0 Å². The minimum Gasteiger partial charge on any atom is -0.478 e. The molecule has 0 aliphatic heterocycles. The van der Waals surface area contributed by atoms with Crippen LogP contribution >= 0.6 is 0 Å². The first-order chi connectivity index (χ1) is 8.79. The Labute approximate surface area is 105 Å². The van der Waals surface area contributed by atoms with Gasteiger partial charge < -0.3 is 10.8 Å². The van der Waals surface area contributed by atoms with Crippen LogP contribution in [0, 0.1) is 0 Å². The monoisotopic (exact) mass is 271 g/mol. The SMILES string of the molecule is Nc1cc(C(F)(F)F)nn1-c1ccc(C(=O)O)cc1. The molecule has 2 aromatic rings. The smallest absolute Gasteiger partial charge is 0.435 e. The first kappa shape index (κ1) is 12.9. The zero-order valence-electron chi connectivity index (χ0n) is 9.35. The summed E-state index contributed by atoms with van der Waals surface area (Å²) in [6, 6.07) is 5.88. The average molecular weight is 271 g/mol. The van der Waals surface area contributed by atoms with E-state index in [0.29, 0.717) is 6.07 Å². The van der Waals surface area contributed by atoms with Gasteiger partial charge in [0.1, 0.15) is 5.82 Å². The Kier molecular flexibility index (Phi) is 2.93. The molecule has 0 saturated heterocycles. The number of hydrogen-bond donors (Lipinski definition) is 2. The number of aromatic nitrogens is 2. The van der Waals surface area contributed by atoms with Gasteiger partial charge in [-0.2, -0.15) is 18.3 Å². The molecule has 2 rings (SSSR count). The van der Waals surface area contributed by atoms with Gasteiger partial charge in [-0.3, -0.25) is 0 Å². The van der Waals surface area contributed by atoms with Crippen LogP contribution in [0.1, 0.15) is 16.1 Å². The molecule has 0 aliphatic carbocycles. The maximum absolute atomic E-state index is 12.5. The predicted molar refractivity (Wildman–Crippen MR) is 59.9 cm³/mol. The molecule has 0 fully saturated rings. The van der Waals surface area contributed by atoms with Crippen LogP contribution in [0.3, 0.4) is 0 Å². The number of halogens is 3. The number of alkyl halides is 3. The molecule has 3 N–H and O–H groups in total. The maximum atomic E-state index is 12.5. The molecule has 0 amide bonds. The van der Waals surface area contributed by atoms with Crippen molar-refractivity contribution in [2.24, 2.45) is 0 Å². The molecule has 0 unspecified atom stereocenters. The molecule has 0 aliphatic rings. The third-order valence-electron chi connectivity index (χ3n) is 2.39. The fraction of sp³-hybridized carbons (Fsp3) is 0.0909. The van der Waals surface area contributed by atoms with Gasteiger partial charge in [-0.25, -0.2) is 9.48 Å². The second kappa shape index (κ2) is 4.30. The standard InChI is InChI=1S/C11H8F3N3O2/c12-11(13,14)8-5-9(15)17(16-8)7-3-1-6(2-4-7)10(18)19/h1-5H,15H2,(H,18,19). The number of carboxylic acid groups (broad SMARTS) is 1. The van der Waals surface area contributed by atoms with E-state index in [2.05, 4.69) is 5.10 Å². The van der Waals surface area contributed by atoms with Crippen molar-refractivity contribution in [2.75, 3.05) is 5.73 Å². The van der Waals surface area contributed by atoms with Gasteiger partial charge in [0.2, 0.25) is 0 Å². The number of carboxylic acids is 1. The summed E-state index contributed by atoms with van der Waals surface area (Å²) < 4.78 is 38.3. The Morgan fingerprint density at radius 2 is 1.84 bits per heavy atom. The first-order valence-electron chi connectivity index (χ1n) is 5.05. The Morgan fingerprint density at radius 3 is 2.26 bits per heavy atom. The van der Waals surface area contributed by atoms with Crippen molar-refractivity contribution in [2.45, 2.75) is 6.18 Å². The van der Waals surface area contributed by atoms with E-state index in [1.165, 1.54) is 24.3 Å². The molecule has 100 valence electrons. The largest absolute Gasteiger partial charge is 0.478 e. The number of aromatic carboxylic acids is 1. The number of benzene rings is 1. The van der Waals surface area contributed by atoms with Crippen LogP contribution in [0.5, 0.6) is 0 Å². The number of rotatable bonds is 2. The van der Waals surface area contributed by atoms with E-state index in [4.69, 9.17) is 10.8 Å². The third-order valence-corrected chi connectivity index (χ3v) is 2.39. The van der Waals surface area contributed by atoms with E-state index in [1.54, 1.807) is 0 Å². The fourth-order valence-corrected chi connectivity index (χ4v) is 1.49. The van der Waals surface area contributed by atoms with Crippen LogP contribution < -0.4 is 5.73 Å². The van der Waals surface area contributed by atoms with Crippen molar-refractivity contribution >= 4 is 11.8 Å². The van der Waals surface area contributed by atoms with Crippen molar-refractivity contribution in [3.63, 3.8) is 0 Å². The lowest BCUT2D eigenvalue weighted by atomic mass is 10.2. The topological polar surface area (TPSA) is 81.1 Å². The molecular formula is C11H8F3N3O2. The summed E-state index contributed by atoms with van der Waals surface area (Å²) in [6.07, 6.45) is -4.58. The summed E-state index contributed by atoms with van der Waals surface area (Å²) in [5, 5.41) is 12.1. The van der Waals surface area contributed by atoms with Crippen LogP contribution in [0.2, 0.25) is 0 Å². The van der Waals surface area contributed by atoms with Gasteiger partial charge in [0.05, 0.1) is 11.3 Å². The van der Waals surface area contributed by atoms with Gasteiger partial charge in [-0.15, -0.1) is 0 Å². The van der Waals surface area contributed by atoms with Crippen LogP contribution in [0.15, 0.2) is 30.3 Å². The number of anilines is 1. The quantitative estimate of drug-likeness (QED) is 0.877. The Hall–Kier alpha value is -2.51. The molecule has 0 atom stereocenters. The predicted octanol–water partition coefficient (Wildman–Crippen LogP) is 2.17. The van der Waals surface area contributed by atoms with E-state index in [0.717, 1.165) is 4.68 Å². The molecule has 5 nitrogen and oxygen atoms in total. The van der Waals surface area contributed by atoms with Gasteiger partial charge in [-0.1, -0.05) is 0 Å². The van der Waals surface area contributed by atoms with Gasteiger partial charge in [0.25, 0.3) is 0 Å². The van der Waals surface area contributed by atoms with Crippen molar-refractivity contribution in [3.8, 4) is 5.69 Å². The minimum absolute atomic E-state index is 0.0190. The molecule has 1 aromatic heterocycles. The summed E-state index contributed by atoms with van der Waals surface area (Å²) in [4.78, 5) is 10.7. The zero-order chi connectivity index (χ0) is 14.2. The lowest BCUT2D eigenvalue weighted by molar-refractivity contribution is -0.141. The molecule has 0 saturated carbocycles. The normalized spacial score (nSPS) is 11.5. The second-order valence-electron chi connectivity index (χ2n) is 3.72. The van der Waals surface area contributed by atoms with Crippen molar-refractivity contribution in [1.82, 2.24) is 9.78 Å². The summed E-state index contributed by atoms with van der Waals surface area (Å²) in [5.74, 6) is -1.31. The number of carbonyl (C=O) groups is 1.